The molecular weight excluding hydrogens is 420 g/mol. The molecule has 3 rings (SSSR count). The van der Waals surface area contributed by atoms with E-state index in [1.165, 1.54) is 29.5 Å². The summed E-state index contributed by atoms with van der Waals surface area (Å²) in [5.74, 6) is 7.11. The first-order valence-corrected chi connectivity index (χ1v) is 12.5. The number of hydrogen-bond acceptors (Lipinski definition) is 7. The zero-order valence-electron chi connectivity index (χ0n) is 19.3. The van der Waals surface area contributed by atoms with Gasteiger partial charge < -0.3 is 21.8 Å². The molecule has 8 heteroatoms. The second-order valence-corrected chi connectivity index (χ2v) is 10.3. The van der Waals surface area contributed by atoms with E-state index in [9.17, 15) is 4.79 Å². The van der Waals surface area contributed by atoms with Crippen LogP contribution < -0.4 is 22.6 Å². The number of nitrogens with two attached hydrogens (primary N) is 3. The number of aryl methyl sites for hydroxylation is 1. The highest BCUT2D eigenvalue weighted by Gasteiger charge is 2.26. The second kappa shape index (κ2) is 11.6. The van der Waals surface area contributed by atoms with Crippen LogP contribution >= 0.6 is 11.3 Å². The van der Waals surface area contributed by atoms with Crippen LogP contribution in [0.15, 0.2) is 30.1 Å². The number of nitrogens with zero attached hydrogens (tertiary/aromatic N) is 2. The Morgan fingerprint density at radius 3 is 2.75 bits per heavy atom. The maximum Gasteiger partial charge on any atom is 0.220 e. The number of aromatic nitrogens is 1. The zero-order chi connectivity index (χ0) is 23.1. The first kappa shape index (κ1) is 24.5. The Kier molecular flexibility index (Phi) is 8.90. The highest BCUT2D eigenvalue weighted by atomic mass is 32.1. The van der Waals surface area contributed by atoms with Crippen LogP contribution in [-0.2, 0) is 11.2 Å². The lowest BCUT2D eigenvalue weighted by Crippen LogP contribution is -2.49. The number of fused-ring (bicyclic) bond motifs is 1. The smallest absolute Gasteiger partial charge is 0.220 e. The van der Waals surface area contributed by atoms with Crippen LogP contribution in [0, 0.1) is 5.92 Å². The Morgan fingerprint density at radius 1 is 1.31 bits per heavy atom. The van der Waals surface area contributed by atoms with E-state index in [1.807, 2.05) is 0 Å². The number of hydrazine groups is 1. The molecular formula is C24H38N6OS. The van der Waals surface area contributed by atoms with E-state index in [1.54, 1.807) is 22.5 Å². The normalized spacial score (nSPS) is 16.5. The molecule has 0 spiro atoms. The van der Waals surface area contributed by atoms with Gasteiger partial charge in [0.15, 0.2) is 0 Å². The number of hydrogen-bond donors (Lipinski definition) is 4. The van der Waals surface area contributed by atoms with Gasteiger partial charge in [0.25, 0.3) is 0 Å². The first-order valence-electron chi connectivity index (χ1n) is 11.7. The van der Waals surface area contributed by atoms with Gasteiger partial charge in [-0.2, -0.15) is 0 Å². The molecule has 7 N–H and O–H groups in total. The molecule has 1 saturated carbocycles. The summed E-state index contributed by atoms with van der Waals surface area (Å²) in [6.45, 7) is 5.17. The number of thiazole rings is 1. The minimum Gasteiger partial charge on any atom is -0.400 e. The van der Waals surface area contributed by atoms with Crippen molar-refractivity contribution in [2.75, 3.05) is 13.1 Å². The second-order valence-electron chi connectivity index (χ2n) is 9.17. The quantitative estimate of drug-likeness (QED) is 0.320. The summed E-state index contributed by atoms with van der Waals surface area (Å²) < 4.78 is 1.19. The monoisotopic (exact) mass is 458 g/mol. The topological polar surface area (TPSA) is 123 Å². The highest BCUT2D eigenvalue weighted by Crippen LogP contribution is 2.28. The molecule has 1 aromatic heterocycles. The van der Waals surface area contributed by atoms with Gasteiger partial charge in [0.1, 0.15) is 0 Å². The van der Waals surface area contributed by atoms with Gasteiger partial charge in [-0.15, -0.1) is 11.3 Å². The summed E-state index contributed by atoms with van der Waals surface area (Å²) in [6.07, 6.45) is 8.63. The van der Waals surface area contributed by atoms with Crippen molar-refractivity contribution in [3.8, 4) is 0 Å². The minimum absolute atomic E-state index is 0.00130. The largest absolute Gasteiger partial charge is 0.400 e. The van der Waals surface area contributed by atoms with Crippen molar-refractivity contribution in [1.82, 2.24) is 15.3 Å². The molecule has 1 aromatic carbocycles. The molecule has 7 nitrogen and oxygen atoms in total. The van der Waals surface area contributed by atoms with Crippen molar-refractivity contribution in [1.29, 1.82) is 0 Å². The van der Waals surface area contributed by atoms with E-state index < -0.39 is 0 Å². The van der Waals surface area contributed by atoms with Crippen LogP contribution in [0.4, 0.5) is 0 Å². The van der Waals surface area contributed by atoms with Crippen molar-refractivity contribution >= 4 is 27.5 Å². The first-order chi connectivity index (χ1) is 15.4. The third kappa shape index (κ3) is 6.92. The molecule has 0 radical (unpaired) electrons. The van der Waals surface area contributed by atoms with Gasteiger partial charge in [-0.05, 0) is 42.4 Å². The molecule has 32 heavy (non-hydrogen) atoms. The minimum atomic E-state index is -0.00130. The fraction of sp³-hybridized carbons (Fsp3) is 0.583. The van der Waals surface area contributed by atoms with Gasteiger partial charge >= 0.3 is 0 Å². The average Bonchev–Trinajstić information content (AvgIpc) is 3.20. The number of carbonyl (C=O) groups is 1. The maximum absolute atomic E-state index is 12.8. The average molecular weight is 459 g/mol. The van der Waals surface area contributed by atoms with Gasteiger partial charge in [0.05, 0.1) is 27.8 Å². The molecule has 0 bridgehead atoms. The van der Waals surface area contributed by atoms with Gasteiger partial charge in [-0.3, -0.25) is 4.79 Å². The van der Waals surface area contributed by atoms with E-state index in [-0.39, 0.29) is 18.5 Å². The number of rotatable bonds is 10. The van der Waals surface area contributed by atoms with E-state index in [0.29, 0.717) is 36.9 Å². The molecule has 1 aliphatic rings. The SMILES string of the molecule is CC(C)c1ccc2nc(CCC(=O)N[C@H](CN(N)/C=C(\N)CN)C3CCCCC3)sc2c1. The Morgan fingerprint density at radius 2 is 2.06 bits per heavy atom. The lowest BCUT2D eigenvalue weighted by Gasteiger charge is -2.33. The summed E-state index contributed by atoms with van der Waals surface area (Å²) in [4.78, 5) is 17.6. The van der Waals surface area contributed by atoms with Crippen molar-refractivity contribution in [3.63, 3.8) is 0 Å². The summed E-state index contributed by atoms with van der Waals surface area (Å²) >= 11 is 1.68. The predicted molar refractivity (Wildman–Crippen MR) is 133 cm³/mol. The molecule has 2 aromatic rings. The van der Waals surface area contributed by atoms with Crippen LogP contribution in [0.1, 0.15) is 68.9 Å². The lowest BCUT2D eigenvalue weighted by molar-refractivity contribution is -0.122. The molecule has 0 aliphatic heterocycles. The third-order valence-corrected chi connectivity index (χ3v) is 7.31. The Balaban J connectivity index is 1.60. The Bertz CT molecular complexity index is 918. The van der Waals surface area contributed by atoms with E-state index in [0.717, 1.165) is 23.4 Å². The van der Waals surface area contributed by atoms with Crippen molar-refractivity contribution < 1.29 is 4.79 Å². The van der Waals surface area contributed by atoms with Gasteiger partial charge in [-0.1, -0.05) is 39.2 Å². The van der Waals surface area contributed by atoms with Crippen LogP contribution in [0.2, 0.25) is 0 Å². The molecule has 176 valence electrons. The Hall–Kier alpha value is -2.16. The number of benzene rings is 1. The molecule has 0 unspecified atom stereocenters. The summed E-state index contributed by atoms with van der Waals surface area (Å²) in [5.41, 5.74) is 14.2. The Labute approximate surface area is 195 Å². The van der Waals surface area contributed by atoms with Crippen LogP contribution in [-0.4, -0.2) is 35.0 Å². The fourth-order valence-electron chi connectivity index (χ4n) is 4.35. The predicted octanol–water partition coefficient (Wildman–Crippen LogP) is 3.35. The van der Waals surface area contributed by atoms with Gasteiger partial charge in [0, 0.05) is 31.3 Å². The molecule has 1 amide bonds. The number of nitrogens with one attached hydrogen (secondary N) is 1. The summed E-state index contributed by atoms with van der Waals surface area (Å²) in [7, 11) is 0. The fourth-order valence-corrected chi connectivity index (χ4v) is 5.36. The van der Waals surface area contributed by atoms with Gasteiger partial charge in [0.2, 0.25) is 5.91 Å². The molecule has 0 saturated heterocycles. The van der Waals surface area contributed by atoms with Crippen LogP contribution in [0.5, 0.6) is 0 Å². The maximum atomic E-state index is 12.8. The van der Waals surface area contributed by atoms with E-state index >= 15 is 0 Å². The number of amides is 1. The zero-order valence-corrected chi connectivity index (χ0v) is 20.2. The molecule has 1 aliphatic carbocycles. The summed E-state index contributed by atoms with van der Waals surface area (Å²) in [5, 5.41) is 5.81. The molecule has 1 atom stereocenters. The lowest BCUT2D eigenvalue weighted by atomic mass is 9.83. The van der Waals surface area contributed by atoms with Crippen molar-refractivity contribution in [3.05, 3.63) is 40.7 Å². The van der Waals surface area contributed by atoms with Crippen molar-refractivity contribution in [2.24, 2.45) is 23.2 Å². The summed E-state index contributed by atoms with van der Waals surface area (Å²) in [6, 6.07) is 6.44. The van der Waals surface area contributed by atoms with E-state index in [4.69, 9.17) is 22.3 Å². The van der Waals surface area contributed by atoms with Crippen LogP contribution in [0.3, 0.4) is 0 Å². The molecule has 1 fully saturated rings. The van der Waals surface area contributed by atoms with E-state index in [2.05, 4.69) is 37.4 Å². The number of carbonyl (C=O) groups excluding carboxylic acids is 1. The van der Waals surface area contributed by atoms with Crippen LogP contribution in [0.25, 0.3) is 10.2 Å². The standard InChI is InChI=1S/C24H38N6OS/c1-16(2)18-8-9-20-22(12-18)32-24(29-20)11-10-23(31)28-21(17-6-4-3-5-7-17)15-30(27)14-19(26)13-25/h8-9,12,14,16-17,21H,3-7,10-11,13,15,25-27H2,1-2H3,(H,28,31)/b19-14-/t21-/m1/s1. The molecule has 1 heterocycles. The van der Waals surface area contributed by atoms with Gasteiger partial charge in [-0.25, -0.2) is 10.8 Å². The highest BCUT2D eigenvalue weighted by molar-refractivity contribution is 7.18. The van der Waals surface area contributed by atoms with Crippen molar-refractivity contribution in [2.45, 2.75) is 70.8 Å². The third-order valence-electron chi connectivity index (χ3n) is 6.23.